The van der Waals surface area contributed by atoms with E-state index in [0.29, 0.717) is 5.56 Å². The molecule has 1 aliphatic rings. The Morgan fingerprint density at radius 1 is 1.11 bits per heavy atom. The summed E-state index contributed by atoms with van der Waals surface area (Å²) in [6.45, 7) is 0. The third-order valence-electron chi connectivity index (χ3n) is 3.24. The predicted molar refractivity (Wildman–Crippen MR) is 74.1 cm³/mol. The molecule has 1 aliphatic heterocycles. The summed E-state index contributed by atoms with van der Waals surface area (Å²) in [5, 5.41) is 0. The smallest absolute Gasteiger partial charge is 0.337 e. The molecule has 0 radical (unpaired) electrons. The second kappa shape index (κ2) is 4.69. The molecule has 0 atom stereocenters. The number of hydrogen-bond acceptors (Lipinski definition) is 3. The molecule has 0 aromatic heterocycles. The Bertz CT molecular complexity index is 657. The van der Waals surface area contributed by atoms with Crippen LogP contribution in [0.2, 0.25) is 0 Å². The molecule has 0 amide bonds. The number of aliphatic imine (C=N–C) groups is 1. The van der Waals surface area contributed by atoms with Crippen LogP contribution in [0, 0.1) is 0 Å². The quantitative estimate of drug-likeness (QED) is 0.769. The summed E-state index contributed by atoms with van der Waals surface area (Å²) in [6.07, 6.45) is 0.841. The maximum absolute atomic E-state index is 11.4. The van der Waals surface area contributed by atoms with Crippen molar-refractivity contribution in [1.29, 1.82) is 0 Å². The van der Waals surface area contributed by atoms with Gasteiger partial charge in [0, 0.05) is 6.42 Å². The van der Waals surface area contributed by atoms with Gasteiger partial charge in [-0.05, 0) is 29.3 Å². The van der Waals surface area contributed by atoms with E-state index in [2.05, 4.69) is 15.8 Å². The molecule has 2 aromatic rings. The minimum atomic E-state index is -0.316. The maximum Gasteiger partial charge on any atom is 0.337 e. The van der Waals surface area contributed by atoms with Crippen molar-refractivity contribution in [3.63, 3.8) is 0 Å². The largest absolute Gasteiger partial charge is 0.465 e. The van der Waals surface area contributed by atoms with Crippen molar-refractivity contribution in [2.45, 2.75) is 6.42 Å². The topological polar surface area (TPSA) is 38.7 Å². The fourth-order valence-electron chi connectivity index (χ4n) is 2.22. The van der Waals surface area contributed by atoms with Crippen LogP contribution < -0.4 is 0 Å². The van der Waals surface area contributed by atoms with Gasteiger partial charge in [-0.15, -0.1) is 0 Å². The summed E-state index contributed by atoms with van der Waals surface area (Å²) in [6, 6.07) is 15.5. The van der Waals surface area contributed by atoms with Gasteiger partial charge in [0.15, 0.2) is 0 Å². The number of ether oxygens (including phenoxy) is 1. The van der Waals surface area contributed by atoms with E-state index in [9.17, 15) is 4.79 Å². The molecule has 2 aromatic carbocycles. The van der Waals surface area contributed by atoms with Gasteiger partial charge >= 0.3 is 5.97 Å². The molecule has 0 spiro atoms. The highest BCUT2D eigenvalue weighted by Crippen LogP contribution is 2.28. The van der Waals surface area contributed by atoms with E-state index in [1.165, 1.54) is 12.7 Å². The molecule has 0 N–H and O–H groups in total. The van der Waals surface area contributed by atoms with E-state index in [0.717, 1.165) is 23.4 Å². The first-order chi connectivity index (χ1) is 9.28. The molecule has 3 rings (SSSR count). The number of carbonyl (C=O) groups excluding carboxylic acids is 1. The first-order valence-corrected chi connectivity index (χ1v) is 6.12. The van der Waals surface area contributed by atoms with Crippen LogP contribution in [0.3, 0.4) is 0 Å². The Morgan fingerprint density at radius 2 is 1.84 bits per heavy atom. The van der Waals surface area contributed by atoms with Crippen LogP contribution in [-0.2, 0) is 11.2 Å². The van der Waals surface area contributed by atoms with Gasteiger partial charge in [-0.25, -0.2) is 4.79 Å². The van der Waals surface area contributed by atoms with E-state index in [1.54, 1.807) is 12.1 Å². The van der Waals surface area contributed by atoms with E-state index in [4.69, 9.17) is 0 Å². The molecule has 3 heteroatoms. The minimum absolute atomic E-state index is 0.316. The van der Waals surface area contributed by atoms with Crippen molar-refractivity contribution in [2.75, 3.05) is 7.11 Å². The first-order valence-electron chi connectivity index (χ1n) is 6.12. The van der Waals surface area contributed by atoms with Gasteiger partial charge in [0.05, 0.1) is 24.1 Å². The molecule has 0 unspecified atom stereocenters. The Morgan fingerprint density at radius 3 is 2.53 bits per heavy atom. The van der Waals surface area contributed by atoms with Crippen molar-refractivity contribution in [2.24, 2.45) is 4.99 Å². The number of methoxy groups -OCH3 is 1. The van der Waals surface area contributed by atoms with Gasteiger partial charge in [0.25, 0.3) is 0 Å². The van der Waals surface area contributed by atoms with Gasteiger partial charge in [0.1, 0.15) is 0 Å². The van der Waals surface area contributed by atoms with Crippen LogP contribution in [-0.4, -0.2) is 18.8 Å². The molecule has 0 aliphatic carbocycles. The average molecular weight is 251 g/mol. The summed E-state index contributed by atoms with van der Waals surface area (Å²) in [4.78, 5) is 16.0. The van der Waals surface area contributed by atoms with Crippen LogP contribution >= 0.6 is 0 Å². The SMILES string of the molecule is COC(=O)c1ccc(C2=Nc3ccccc3C2)cc1. The van der Waals surface area contributed by atoms with E-state index in [1.807, 2.05) is 30.3 Å². The second-order valence-corrected chi connectivity index (χ2v) is 4.43. The zero-order valence-corrected chi connectivity index (χ0v) is 10.6. The first kappa shape index (κ1) is 11.7. The minimum Gasteiger partial charge on any atom is -0.465 e. The molecule has 3 nitrogen and oxygen atoms in total. The second-order valence-electron chi connectivity index (χ2n) is 4.43. The third-order valence-corrected chi connectivity index (χ3v) is 3.24. The number of hydrogen-bond donors (Lipinski definition) is 0. The predicted octanol–water partition coefficient (Wildman–Crippen LogP) is 3.15. The molecular weight excluding hydrogens is 238 g/mol. The summed E-state index contributed by atoms with van der Waals surface area (Å²) < 4.78 is 4.68. The molecule has 0 saturated heterocycles. The van der Waals surface area contributed by atoms with Crippen LogP contribution in [0.5, 0.6) is 0 Å². The monoisotopic (exact) mass is 251 g/mol. The number of fused-ring (bicyclic) bond motifs is 1. The number of benzene rings is 2. The fraction of sp³-hybridized carbons (Fsp3) is 0.125. The lowest BCUT2D eigenvalue weighted by Crippen LogP contribution is -2.04. The zero-order chi connectivity index (χ0) is 13.2. The van der Waals surface area contributed by atoms with E-state index < -0.39 is 0 Å². The lowest BCUT2D eigenvalue weighted by molar-refractivity contribution is 0.0601. The van der Waals surface area contributed by atoms with Gasteiger partial charge in [-0.1, -0.05) is 30.3 Å². The summed E-state index contributed by atoms with van der Waals surface area (Å²) in [5.74, 6) is -0.316. The zero-order valence-electron chi connectivity index (χ0n) is 10.6. The normalized spacial score (nSPS) is 12.8. The number of esters is 1. The van der Waals surface area contributed by atoms with Crippen LogP contribution in [0.25, 0.3) is 0 Å². The van der Waals surface area contributed by atoms with E-state index >= 15 is 0 Å². The van der Waals surface area contributed by atoms with Gasteiger partial charge in [-0.2, -0.15) is 0 Å². The maximum atomic E-state index is 11.4. The number of carbonyl (C=O) groups is 1. The molecule has 0 fully saturated rings. The average Bonchev–Trinajstić information content (AvgIpc) is 2.90. The van der Waals surface area contributed by atoms with Gasteiger partial charge in [-0.3, -0.25) is 4.99 Å². The molecule has 1 heterocycles. The van der Waals surface area contributed by atoms with Crippen molar-refractivity contribution in [3.8, 4) is 0 Å². The number of para-hydroxylation sites is 1. The van der Waals surface area contributed by atoms with Crippen molar-refractivity contribution >= 4 is 17.4 Å². The number of rotatable bonds is 2. The Hall–Kier alpha value is -2.42. The molecule has 0 saturated carbocycles. The Labute approximate surface area is 111 Å². The molecule has 0 bridgehead atoms. The third kappa shape index (κ3) is 2.15. The van der Waals surface area contributed by atoms with Crippen molar-refractivity contribution in [1.82, 2.24) is 0 Å². The highest BCUT2D eigenvalue weighted by atomic mass is 16.5. The van der Waals surface area contributed by atoms with Crippen LogP contribution in [0.1, 0.15) is 21.5 Å². The van der Waals surface area contributed by atoms with Crippen LogP contribution in [0.4, 0.5) is 5.69 Å². The molecule has 19 heavy (non-hydrogen) atoms. The standard InChI is InChI=1S/C16H13NO2/c1-19-16(18)12-8-6-11(7-9-12)15-10-13-4-2-3-5-14(13)17-15/h2-9H,10H2,1H3. The molecule has 94 valence electrons. The van der Waals surface area contributed by atoms with Crippen molar-refractivity contribution < 1.29 is 9.53 Å². The van der Waals surface area contributed by atoms with Crippen molar-refractivity contribution in [3.05, 3.63) is 65.2 Å². The fourth-order valence-corrected chi connectivity index (χ4v) is 2.22. The highest BCUT2D eigenvalue weighted by molar-refractivity contribution is 6.06. The molecular formula is C16H13NO2. The summed E-state index contributed by atoms with van der Waals surface area (Å²) in [7, 11) is 1.38. The number of nitrogens with zero attached hydrogens (tertiary/aromatic N) is 1. The van der Waals surface area contributed by atoms with Gasteiger partial charge < -0.3 is 4.74 Å². The van der Waals surface area contributed by atoms with E-state index in [-0.39, 0.29) is 5.97 Å². The highest BCUT2D eigenvalue weighted by Gasteiger charge is 2.15. The van der Waals surface area contributed by atoms with Crippen LogP contribution in [0.15, 0.2) is 53.5 Å². The summed E-state index contributed by atoms with van der Waals surface area (Å²) >= 11 is 0. The Kier molecular flexibility index (Phi) is 2.88. The summed E-state index contributed by atoms with van der Waals surface area (Å²) in [5.41, 5.74) is 4.92. The lowest BCUT2D eigenvalue weighted by atomic mass is 10.0. The Balaban J connectivity index is 1.88. The van der Waals surface area contributed by atoms with Gasteiger partial charge in [0.2, 0.25) is 0 Å². The lowest BCUT2D eigenvalue weighted by Gasteiger charge is -2.02.